The summed E-state index contributed by atoms with van der Waals surface area (Å²) in [6.07, 6.45) is 0.152. The molecule has 1 saturated heterocycles. The second-order valence-corrected chi connectivity index (χ2v) is 11.8. The largest absolute Gasteiger partial charge is 0.480 e. The topological polar surface area (TPSA) is 148 Å². The zero-order chi connectivity index (χ0) is 32.9. The highest BCUT2D eigenvalue weighted by molar-refractivity contribution is 6.10. The van der Waals surface area contributed by atoms with Gasteiger partial charge in [-0.3, -0.25) is 14.4 Å². The van der Waals surface area contributed by atoms with Crippen LogP contribution < -0.4 is 16.0 Å². The number of carbonyl (C=O) groups is 5. The Labute approximate surface area is 262 Å². The number of carboxylic acid groups (broad SMARTS) is 1. The fourth-order valence-corrected chi connectivity index (χ4v) is 5.32. The number of urea groups is 2. The Morgan fingerprint density at radius 3 is 2.09 bits per heavy atom. The number of para-hydroxylation sites is 1. The molecule has 236 valence electrons. The lowest BCUT2D eigenvalue weighted by molar-refractivity contribution is -0.143. The Bertz CT molecular complexity index is 1580. The zero-order valence-electron chi connectivity index (χ0n) is 26.0. The number of benzene rings is 3. The average molecular weight is 614 g/mol. The van der Waals surface area contributed by atoms with Crippen LogP contribution in [-0.2, 0) is 26.5 Å². The molecule has 3 aromatic carbocycles. The Balaban J connectivity index is 1.61. The Hall–Kier alpha value is -5.19. The number of hydrogen-bond acceptors (Lipinski definition) is 5. The molecule has 0 spiro atoms. The van der Waals surface area contributed by atoms with Crippen LogP contribution in [0.2, 0.25) is 0 Å². The molecule has 1 aliphatic rings. The molecule has 3 aromatic rings. The Morgan fingerprint density at radius 1 is 0.867 bits per heavy atom. The number of aryl methyl sites for hydroxylation is 1. The molecule has 0 aliphatic carbocycles. The van der Waals surface area contributed by atoms with Crippen molar-refractivity contribution in [3.05, 3.63) is 95.6 Å². The fourth-order valence-electron chi connectivity index (χ4n) is 5.32. The highest BCUT2D eigenvalue weighted by Crippen LogP contribution is 2.40. The summed E-state index contributed by atoms with van der Waals surface area (Å²) >= 11 is 0. The molecule has 3 atom stereocenters. The van der Waals surface area contributed by atoms with Gasteiger partial charge in [0.2, 0.25) is 5.91 Å². The van der Waals surface area contributed by atoms with E-state index in [9.17, 15) is 29.1 Å². The van der Waals surface area contributed by atoms with Gasteiger partial charge in [0.05, 0.1) is 0 Å². The number of carboxylic acids is 1. The number of rotatable bonds is 11. The quantitative estimate of drug-likeness (QED) is 0.215. The molecule has 3 unspecified atom stereocenters. The lowest BCUT2D eigenvalue weighted by atomic mass is 9.89. The van der Waals surface area contributed by atoms with Crippen molar-refractivity contribution >= 4 is 41.2 Å². The van der Waals surface area contributed by atoms with Gasteiger partial charge in [-0.05, 0) is 68.0 Å². The molecule has 0 saturated carbocycles. The molecule has 11 nitrogen and oxygen atoms in total. The minimum Gasteiger partial charge on any atom is -0.480 e. The van der Waals surface area contributed by atoms with Gasteiger partial charge in [-0.25, -0.2) is 14.5 Å². The van der Waals surface area contributed by atoms with Crippen molar-refractivity contribution < 1.29 is 29.1 Å². The van der Waals surface area contributed by atoms with E-state index < -0.39 is 47.5 Å². The number of amides is 6. The van der Waals surface area contributed by atoms with Crippen LogP contribution in [0.3, 0.4) is 0 Å². The molecular weight excluding hydrogens is 574 g/mol. The third-order valence-electron chi connectivity index (χ3n) is 7.93. The van der Waals surface area contributed by atoms with E-state index in [-0.39, 0.29) is 18.9 Å². The second kappa shape index (κ2) is 13.6. The summed E-state index contributed by atoms with van der Waals surface area (Å²) in [5.74, 6) is -2.60. The van der Waals surface area contributed by atoms with Crippen LogP contribution in [-0.4, -0.2) is 56.8 Å². The second-order valence-electron chi connectivity index (χ2n) is 11.8. The molecule has 11 heteroatoms. The predicted molar refractivity (Wildman–Crippen MR) is 170 cm³/mol. The van der Waals surface area contributed by atoms with Gasteiger partial charge >= 0.3 is 18.0 Å². The minimum atomic E-state index is -1.45. The van der Waals surface area contributed by atoms with E-state index in [4.69, 9.17) is 0 Å². The lowest BCUT2D eigenvalue weighted by Gasteiger charge is -2.32. The van der Waals surface area contributed by atoms with Crippen molar-refractivity contribution in [3.63, 3.8) is 0 Å². The van der Waals surface area contributed by atoms with E-state index in [1.54, 1.807) is 61.5 Å². The summed E-state index contributed by atoms with van der Waals surface area (Å²) in [6, 6.07) is 19.7. The van der Waals surface area contributed by atoms with E-state index >= 15 is 0 Å². The molecule has 0 bridgehead atoms. The summed E-state index contributed by atoms with van der Waals surface area (Å²) in [5.41, 5.74) is 1.95. The SMILES string of the molecule is Cc1ccccc1NC(=O)Nc1ccc(CN2C(=O)N(C(CC(C)C)C(=O)NC(C)C(=O)O)C(=O)C2(C)c2ccccc2)cc1. The van der Waals surface area contributed by atoms with E-state index in [0.29, 0.717) is 22.5 Å². The first-order valence-electron chi connectivity index (χ1n) is 14.8. The van der Waals surface area contributed by atoms with Gasteiger partial charge in [0.15, 0.2) is 0 Å². The first kappa shape index (κ1) is 32.7. The number of anilines is 2. The van der Waals surface area contributed by atoms with Gasteiger partial charge < -0.3 is 26.0 Å². The van der Waals surface area contributed by atoms with Gasteiger partial charge in [0, 0.05) is 17.9 Å². The monoisotopic (exact) mass is 613 g/mol. The first-order chi connectivity index (χ1) is 21.3. The molecular formula is C34H39N5O6. The maximum absolute atomic E-state index is 14.2. The minimum absolute atomic E-state index is 0.0314. The van der Waals surface area contributed by atoms with E-state index in [1.807, 2.05) is 45.0 Å². The molecule has 1 aliphatic heterocycles. The summed E-state index contributed by atoms with van der Waals surface area (Å²) in [7, 11) is 0. The van der Waals surface area contributed by atoms with Gasteiger partial charge in [0.1, 0.15) is 17.6 Å². The number of nitrogens with one attached hydrogen (secondary N) is 3. The third kappa shape index (κ3) is 7.14. The molecule has 1 fully saturated rings. The van der Waals surface area contributed by atoms with Crippen molar-refractivity contribution in [1.82, 2.24) is 15.1 Å². The fraction of sp³-hybridized carbons (Fsp3) is 0.324. The maximum atomic E-state index is 14.2. The van der Waals surface area contributed by atoms with Gasteiger partial charge in [-0.15, -0.1) is 0 Å². The highest BCUT2D eigenvalue weighted by Gasteiger charge is 2.58. The van der Waals surface area contributed by atoms with Gasteiger partial charge in [-0.2, -0.15) is 0 Å². The van der Waals surface area contributed by atoms with Crippen molar-refractivity contribution in [2.45, 2.75) is 65.2 Å². The van der Waals surface area contributed by atoms with E-state index in [2.05, 4.69) is 16.0 Å². The molecule has 4 N–H and O–H groups in total. The van der Waals surface area contributed by atoms with Crippen LogP contribution in [0.5, 0.6) is 0 Å². The number of carbonyl (C=O) groups excluding carboxylic acids is 4. The van der Waals surface area contributed by atoms with Crippen LogP contribution >= 0.6 is 0 Å². The van der Waals surface area contributed by atoms with Crippen molar-refractivity contribution in [1.29, 1.82) is 0 Å². The number of nitrogens with zero attached hydrogens (tertiary/aromatic N) is 2. The van der Waals surface area contributed by atoms with Gasteiger partial charge in [-0.1, -0.05) is 74.5 Å². The van der Waals surface area contributed by atoms with Crippen LogP contribution in [0.1, 0.15) is 50.8 Å². The molecule has 6 amide bonds. The van der Waals surface area contributed by atoms with Crippen LogP contribution in [0.4, 0.5) is 21.0 Å². The van der Waals surface area contributed by atoms with Crippen molar-refractivity contribution in [2.24, 2.45) is 5.92 Å². The van der Waals surface area contributed by atoms with E-state index in [0.717, 1.165) is 10.5 Å². The Morgan fingerprint density at radius 2 is 1.49 bits per heavy atom. The normalized spacial score (nSPS) is 17.6. The summed E-state index contributed by atoms with van der Waals surface area (Å²) < 4.78 is 0. The first-order valence-corrected chi connectivity index (χ1v) is 14.8. The van der Waals surface area contributed by atoms with Crippen molar-refractivity contribution in [3.8, 4) is 0 Å². The summed E-state index contributed by atoms with van der Waals surface area (Å²) in [5, 5.41) is 17.4. The number of aliphatic carboxylic acids is 1. The van der Waals surface area contributed by atoms with E-state index in [1.165, 1.54) is 11.8 Å². The lowest BCUT2D eigenvalue weighted by Crippen LogP contribution is -2.54. The molecule has 1 heterocycles. The number of imide groups is 1. The summed E-state index contributed by atoms with van der Waals surface area (Å²) in [4.78, 5) is 68.2. The van der Waals surface area contributed by atoms with Crippen LogP contribution in [0, 0.1) is 12.8 Å². The molecule has 0 aromatic heterocycles. The molecule has 4 rings (SSSR count). The summed E-state index contributed by atoms with van der Waals surface area (Å²) in [6.45, 7) is 8.62. The van der Waals surface area contributed by atoms with Crippen LogP contribution in [0.25, 0.3) is 0 Å². The number of hydrogen-bond donors (Lipinski definition) is 4. The smallest absolute Gasteiger partial charge is 0.329 e. The third-order valence-corrected chi connectivity index (χ3v) is 7.93. The standard InChI is InChI=1S/C34H39N5O6/c1-21(2)19-28(29(40)35-23(4)30(41)42)39-31(43)34(5,25-12-7-6-8-13-25)38(33(39)45)20-24-15-17-26(18-16-24)36-32(44)37-27-14-10-9-11-22(27)3/h6-18,21,23,28H,19-20H2,1-5H3,(H,35,40)(H,41,42)(H2,36,37,44). The molecule has 0 radical (unpaired) electrons. The maximum Gasteiger partial charge on any atom is 0.329 e. The highest BCUT2D eigenvalue weighted by atomic mass is 16.4. The molecule has 45 heavy (non-hydrogen) atoms. The van der Waals surface area contributed by atoms with Crippen molar-refractivity contribution in [2.75, 3.05) is 10.6 Å². The average Bonchev–Trinajstić information content (AvgIpc) is 3.19. The van der Waals surface area contributed by atoms with Crippen LogP contribution in [0.15, 0.2) is 78.9 Å². The van der Waals surface area contributed by atoms with Gasteiger partial charge in [0.25, 0.3) is 5.91 Å². The Kier molecular flexibility index (Phi) is 9.91. The predicted octanol–water partition coefficient (Wildman–Crippen LogP) is 5.32. The zero-order valence-corrected chi connectivity index (χ0v) is 26.0.